The van der Waals surface area contributed by atoms with Gasteiger partial charge in [0.15, 0.2) is 0 Å². The van der Waals surface area contributed by atoms with Gasteiger partial charge in [-0.1, -0.05) is 116 Å². The molecular weight excluding hydrogens is 276 g/mol. The summed E-state index contributed by atoms with van der Waals surface area (Å²) in [6.45, 7) is 6.94. The first-order valence-electron chi connectivity index (χ1n) is 11.0. The summed E-state index contributed by atoms with van der Waals surface area (Å²) in [4.78, 5) is 0. The minimum Gasteiger partial charge on any atom is -0.0885 e. The van der Waals surface area contributed by atoms with Gasteiger partial charge < -0.3 is 0 Å². The topological polar surface area (TPSA) is 0 Å². The van der Waals surface area contributed by atoms with Gasteiger partial charge in [0.25, 0.3) is 0 Å². The third-order valence-corrected chi connectivity index (χ3v) is 5.05. The van der Waals surface area contributed by atoms with Crippen LogP contribution in [0.5, 0.6) is 0 Å². The summed E-state index contributed by atoms with van der Waals surface area (Å²) in [5, 5.41) is 0. The van der Waals surface area contributed by atoms with E-state index in [1.165, 1.54) is 109 Å². The Morgan fingerprint density at radius 1 is 0.478 bits per heavy atom. The van der Waals surface area contributed by atoms with Crippen LogP contribution in [0.4, 0.5) is 0 Å². The van der Waals surface area contributed by atoms with Crippen molar-refractivity contribution in [3.05, 3.63) is 12.2 Å². The van der Waals surface area contributed by atoms with Crippen LogP contribution < -0.4 is 0 Å². The summed E-state index contributed by atoms with van der Waals surface area (Å²) in [6, 6.07) is 0. The van der Waals surface area contributed by atoms with Crippen LogP contribution in [0, 0.1) is 5.92 Å². The molecule has 0 aliphatic carbocycles. The van der Waals surface area contributed by atoms with Gasteiger partial charge in [-0.25, -0.2) is 0 Å². The predicted molar refractivity (Wildman–Crippen MR) is 108 cm³/mol. The summed E-state index contributed by atoms with van der Waals surface area (Å²) in [6.07, 6.45) is 28.9. The first kappa shape index (κ1) is 22.7. The van der Waals surface area contributed by atoms with Crippen LogP contribution in [0.1, 0.15) is 130 Å². The molecule has 0 aromatic rings. The number of hydrogen-bond acceptors (Lipinski definition) is 0. The molecule has 0 spiro atoms. The Labute approximate surface area is 148 Å². The van der Waals surface area contributed by atoms with E-state index in [1.54, 1.807) is 0 Å². The van der Waals surface area contributed by atoms with Gasteiger partial charge in [-0.2, -0.15) is 0 Å². The van der Waals surface area contributed by atoms with Crippen molar-refractivity contribution in [2.75, 3.05) is 0 Å². The lowest BCUT2D eigenvalue weighted by Gasteiger charge is -2.15. The summed E-state index contributed by atoms with van der Waals surface area (Å²) in [7, 11) is 0. The summed E-state index contributed by atoms with van der Waals surface area (Å²) in [5.74, 6) is 0.986. The van der Waals surface area contributed by atoms with Gasteiger partial charge in [-0.05, 0) is 31.6 Å². The van der Waals surface area contributed by atoms with Gasteiger partial charge in [0.1, 0.15) is 0 Å². The van der Waals surface area contributed by atoms with Crippen LogP contribution in [0.2, 0.25) is 0 Å². The van der Waals surface area contributed by atoms with Gasteiger partial charge in [0.2, 0.25) is 0 Å². The van der Waals surface area contributed by atoms with E-state index >= 15 is 0 Å². The van der Waals surface area contributed by atoms with Crippen molar-refractivity contribution in [1.82, 2.24) is 0 Å². The highest BCUT2D eigenvalue weighted by molar-refractivity contribution is 4.82. The molecule has 0 heteroatoms. The highest BCUT2D eigenvalue weighted by atomic mass is 14.1. The lowest BCUT2D eigenvalue weighted by molar-refractivity contribution is 0.396. The zero-order chi connectivity index (χ0) is 17.0. The first-order chi connectivity index (χ1) is 11.3. The van der Waals surface area contributed by atoms with Gasteiger partial charge in [0, 0.05) is 0 Å². The summed E-state index contributed by atoms with van der Waals surface area (Å²) >= 11 is 0. The van der Waals surface area contributed by atoms with E-state index < -0.39 is 0 Å². The SMILES string of the molecule is CCCCCC/C=C/CCC(CCC)CCCCCCCCC. The molecule has 0 N–H and O–H groups in total. The van der Waals surface area contributed by atoms with E-state index in [9.17, 15) is 0 Å². The normalized spacial score (nSPS) is 13.0. The van der Waals surface area contributed by atoms with Crippen LogP contribution in [-0.4, -0.2) is 0 Å². The molecule has 0 bridgehead atoms. The molecule has 0 aromatic heterocycles. The zero-order valence-corrected chi connectivity index (χ0v) is 16.8. The van der Waals surface area contributed by atoms with Crippen LogP contribution in [0.15, 0.2) is 12.2 Å². The molecule has 0 heterocycles. The first-order valence-corrected chi connectivity index (χ1v) is 11.0. The Balaban J connectivity index is 3.55. The quantitative estimate of drug-likeness (QED) is 0.174. The van der Waals surface area contributed by atoms with E-state index in [1.807, 2.05) is 0 Å². The lowest BCUT2D eigenvalue weighted by Crippen LogP contribution is -2.00. The van der Waals surface area contributed by atoms with Crippen LogP contribution >= 0.6 is 0 Å². The van der Waals surface area contributed by atoms with Crippen molar-refractivity contribution in [2.24, 2.45) is 5.92 Å². The minimum atomic E-state index is 0.986. The second-order valence-electron chi connectivity index (χ2n) is 7.46. The van der Waals surface area contributed by atoms with E-state index in [-0.39, 0.29) is 0 Å². The third kappa shape index (κ3) is 17.9. The molecule has 0 saturated carbocycles. The molecule has 0 aliphatic rings. The van der Waals surface area contributed by atoms with Gasteiger partial charge >= 0.3 is 0 Å². The summed E-state index contributed by atoms with van der Waals surface area (Å²) in [5.41, 5.74) is 0. The Morgan fingerprint density at radius 3 is 1.70 bits per heavy atom. The van der Waals surface area contributed by atoms with E-state index in [0.29, 0.717) is 0 Å². The average molecular weight is 323 g/mol. The summed E-state index contributed by atoms with van der Waals surface area (Å²) < 4.78 is 0. The van der Waals surface area contributed by atoms with E-state index in [4.69, 9.17) is 0 Å². The lowest BCUT2D eigenvalue weighted by atomic mass is 9.91. The van der Waals surface area contributed by atoms with Crippen molar-refractivity contribution in [1.29, 1.82) is 0 Å². The second-order valence-corrected chi connectivity index (χ2v) is 7.46. The minimum absolute atomic E-state index is 0.986. The fraction of sp³-hybridized carbons (Fsp3) is 0.913. The molecule has 0 rings (SSSR count). The number of allylic oxidation sites excluding steroid dienone is 2. The van der Waals surface area contributed by atoms with Gasteiger partial charge in [0.05, 0.1) is 0 Å². The molecule has 0 aliphatic heterocycles. The Kier molecular flexibility index (Phi) is 19.6. The molecule has 0 amide bonds. The van der Waals surface area contributed by atoms with Crippen molar-refractivity contribution in [3.63, 3.8) is 0 Å². The molecule has 23 heavy (non-hydrogen) atoms. The predicted octanol–water partition coefficient (Wildman–Crippen LogP) is 8.85. The van der Waals surface area contributed by atoms with Gasteiger partial charge in [-0.3, -0.25) is 0 Å². The smallest absolute Gasteiger partial charge is 0.0348 e. The second kappa shape index (κ2) is 19.8. The maximum atomic E-state index is 2.46. The Morgan fingerprint density at radius 2 is 1.04 bits per heavy atom. The average Bonchev–Trinajstić information content (AvgIpc) is 2.56. The molecule has 0 radical (unpaired) electrons. The molecule has 0 saturated heterocycles. The van der Waals surface area contributed by atoms with E-state index in [0.717, 1.165) is 5.92 Å². The highest BCUT2D eigenvalue weighted by Crippen LogP contribution is 2.22. The maximum Gasteiger partial charge on any atom is -0.0348 e. The molecule has 1 unspecified atom stereocenters. The largest absolute Gasteiger partial charge is 0.0885 e. The Bertz CT molecular complexity index is 228. The fourth-order valence-electron chi connectivity index (χ4n) is 3.49. The molecule has 138 valence electrons. The molecule has 0 aromatic carbocycles. The number of hydrogen-bond donors (Lipinski definition) is 0. The van der Waals surface area contributed by atoms with Crippen LogP contribution in [0.3, 0.4) is 0 Å². The molecule has 1 atom stereocenters. The maximum absolute atomic E-state index is 2.46. The van der Waals surface area contributed by atoms with E-state index in [2.05, 4.69) is 32.9 Å². The third-order valence-electron chi connectivity index (χ3n) is 5.05. The van der Waals surface area contributed by atoms with Crippen molar-refractivity contribution >= 4 is 0 Å². The standard InChI is InChI=1S/C23H46/c1-4-7-9-11-13-15-17-19-22-23(20-6-3)21-18-16-14-12-10-8-5-2/h15,17,23H,4-14,16,18-22H2,1-3H3/b17-15+. The van der Waals surface area contributed by atoms with Crippen LogP contribution in [0.25, 0.3) is 0 Å². The monoisotopic (exact) mass is 322 g/mol. The van der Waals surface area contributed by atoms with Crippen LogP contribution in [-0.2, 0) is 0 Å². The van der Waals surface area contributed by atoms with Crippen molar-refractivity contribution in [3.8, 4) is 0 Å². The van der Waals surface area contributed by atoms with Gasteiger partial charge in [-0.15, -0.1) is 0 Å². The highest BCUT2D eigenvalue weighted by Gasteiger charge is 2.06. The molecule has 0 nitrogen and oxygen atoms in total. The van der Waals surface area contributed by atoms with Crippen molar-refractivity contribution < 1.29 is 0 Å². The molecular formula is C23H46. The number of unbranched alkanes of at least 4 members (excludes halogenated alkanes) is 10. The zero-order valence-electron chi connectivity index (χ0n) is 16.8. The van der Waals surface area contributed by atoms with Crippen molar-refractivity contribution in [2.45, 2.75) is 130 Å². The fourth-order valence-corrected chi connectivity index (χ4v) is 3.49. The Hall–Kier alpha value is -0.260. The number of rotatable bonds is 18. The molecule has 0 fully saturated rings.